The maximum Gasteiger partial charge on any atom is 0.337 e. The second-order valence-corrected chi connectivity index (χ2v) is 5.52. The molecule has 6 heteroatoms. The fourth-order valence-corrected chi connectivity index (χ4v) is 2.77. The summed E-state index contributed by atoms with van der Waals surface area (Å²) in [5.41, 5.74) is 3.19. The Morgan fingerprint density at radius 3 is 2.86 bits per heavy atom. The third-order valence-electron chi connectivity index (χ3n) is 3.35. The van der Waals surface area contributed by atoms with E-state index in [4.69, 9.17) is 0 Å². The smallest absolute Gasteiger partial charge is 0.337 e. The monoisotopic (exact) mass is 345 g/mol. The van der Waals surface area contributed by atoms with Gasteiger partial charge in [-0.05, 0) is 42.3 Å². The molecule has 0 fully saturated rings. The summed E-state index contributed by atoms with van der Waals surface area (Å²) in [6.45, 7) is 2.04. The standard InChI is InChI=1S/C15H12BrN3O2/c1-2-9-8-10(16)6-7-13(9)19-14-11(15(20)21)4-3-5-12(14)17-18-19/h3-8H,2H2,1H3,(H,20,21). The Labute approximate surface area is 129 Å². The Bertz CT molecular complexity index is 842. The fourth-order valence-electron chi connectivity index (χ4n) is 2.36. The van der Waals surface area contributed by atoms with Gasteiger partial charge in [0.15, 0.2) is 0 Å². The van der Waals surface area contributed by atoms with E-state index in [1.807, 2.05) is 25.1 Å². The average molecular weight is 346 g/mol. The molecule has 0 atom stereocenters. The van der Waals surface area contributed by atoms with Crippen LogP contribution in [0.25, 0.3) is 16.7 Å². The predicted molar refractivity (Wildman–Crippen MR) is 82.9 cm³/mol. The quantitative estimate of drug-likeness (QED) is 0.789. The van der Waals surface area contributed by atoms with Gasteiger partial charge in [-0.2, -0.15) is 0 Å². The van der Waals surface area contributed by atoms with Gasteiger partial charge in [0.2, 0.25) is 0 Å². The SMILES string of the molecule is CCc1cc(Br)ccc1-n1nnc2cccc(C(=O)O)c21. The van der Waals surface area contributed by atoms with Gasteiger partial charge in [-0.25, -0.2) is 9.48 Å². The van der Waals surface area contributed by atoms with Crippen LogP contribution in [0.15, 0.2) is 40.9 Å². The van der Waals surface area contributed by atoms with E-state index in [2.05, 4.69) is 26.2 Å². The number of nitrogens with zero attached hydrogens (tertiary/aromatic N) is 3. The molecule has 0 bridgehead atoms. The van der Waals surface area contributed by atoms with Gasteiger partial charge in [0.05, 0.1) is 11.3 Å². The third kappa shape index (κ3) is 2.31. The second-order valence-electron chi connectivity index (χ2n) is 4.61. The number of aryl methyl sites for hydroxylation is 1. The maximum absolute atomic E-state index is 11.4. The molecule has 106 valence electrons. The number of halogens is 1. The summed E-state index contributed by atoms with van der Waals surface area (Å²) in [7, 11) is 0. The average Bonchev–Trinajstić information content (AvgIpc) is 2.90. The van der Waals surface area contributed by atoms with Crippen molar-refractivity contribution in [3.8, 4) is 5.69 Å². The second kappa shape index (κ2) is 5.29. The lowest BCUT2D eigenvalue weighted by molar-refractivity contribution is 0.0698. The molecule has 2 aromatic carbocycles. The molecule has 1 N–H and O–H groups in total. The molecule has 0 saturated heterocycles. The van der Waals surface area contributed by atoms with E-state index in [1.54, 1.807) is 22.9 Å². The van der Waals surface area contributed by atoms with Crippen LogP contribution < -0.4 is 0 Å². The Hall–Kier alpha value is -2.21. The normalized spacial score (nSPS) is 11.0. The first-order valence-corrected chi connectivity index (χ1v) is 7.27. The van der Waals surface area contributed by atoms with Crippen LogP contribution in [0.4, 0.5) is 0 Å². The van der Waals surface area contributed by atoms with Gasteiger partial charge in [-0.1, -0.05) is 34.1 Å². The first-order valence-electron chi connectivity index (χ1n) is 6.48. The molecule has 1 aromatic heterocycles. The zero-order valence-electron chi connectivity index (χ0n) is 11.2. The summed E-state index contributed by atoms with van der Waals surface area (Å²) >= 11 is 3.45. The number of carbonyl (C=O) groups is 1. The molecule has 0 saturated carbocycles. The van der Waals surface area contributed by atoms with E-state index in [1.165, 1.54) is 0 Å². The number of hydrogen-bond donors (Lipinski definition) is 1. The van der Waals surface area contributed by atoms with Gasteiger partial charge in [0, 0.05) is 4.47 Å². The molecule has 5 nitrogen and oxygen atoms in total. The number of carboxylic acids is 1. The summed E-state index contributed by atoms with van der Waals surface area (Å²) in [5, 5.41) is 17.6. The summed E-state index contributed by atoms with van der Waals surface area (Å²) in [5.74, 6) is -0.987. The van der Waals surface area contributed by atoms with Gasteiger partial charge in [-0.3, -0.25) is 0 Å². The number of carboxylic acid groups (broad SMARTS) is 1. The number of aromatic nitrogens is 3. The minimum absolute atomic E-state index is 0.197. The van der Waals surface area contributed by atoms with E-state index < -0.39 is 5.97 Å². The zero-order chi connectivity index (χ0) is 15.0. The zero-order valence-corrected chi connectivity index (χ0v) is 12.8. The lowest BCUT2D eigenvalue weighted by Gasteiger charge is -2.10. The van der Waals surface area contributed by atoms with E-state index in [-0.39, 0.29) is 5.56 Å². The lowest BCUT2D eigenvalue weighted by atomic mass is 10.1. The molecule has 0 amide bonds. The van der Waals surface area contributed by atoms with E-state index in [9.17, 15) is 9.90 Å². The molecule has 3 rings (SSSR count). The van der Waals surface area contributed by atoms with Crippen LogP contribution in [0.5, 0.6) is 0 Å². The number of aromatic carboxylic acids is 1. The molecule has 0 spiro atoms. The number of para-hydroxylation sites is 1. The Balaban J connectivity index is 2.33. The summed E-state index contributed by atoms with van der Waals surface area (Å²) in [4.78, 5) is 11.4. The predicted octanol–water partition coefficient (Wildman–Crippen LogP) is 3.44. The minimum atomic E-state index is -0.987. The highest BCUT2D eigenvalue weighted by Crippen LogP contribution is 2.25. The van der Waals surface area contributed by atoms with E-state index in [0.717, 1.165) is 22.1 Å². The van der Waals surface area contributed by atoms with Gasteiger partial charge in [0.1, 0.15) is 11.0 Å². The Kier molecular flexibility index (Phi) is 3.47. The van der Waals surface area contributed by atoms with Crippen LogP contribution in [-0.4, -0.2) is 26.1 Å². The van der Waals surface area contributed by atoms with Crippen LogP contribution in [0.1, 0.15) is 22.8 Å². The molecular formula is C15H12BrN3O2. The molecular weight excluding hydrogens is 334 g/mol. The van der Waals surface area contributed by atoms with Crippen LogP contribution in [0.3, 0.4) is 0 Å². The summed E-state index contributed by atoms with van der Waals surface area (Å²) in [6.07, 6.45) is 0.811. The van der Waals surface area contributed by atoms with Crippen molar-refractivity contribution in [2.75, 3.05) is 0 Å². The Morgan fingerprint density at radius 1 is 1.33 bits per heavy atom. The van der Waals surface area contributed by atoms with Crippen molar-refractivity contribution in [1.29, 1.82) is 0 Å². The van der Waals surface area contributed by atoms with Crippen LogP contribution in [-0.2, 0) is 6.42 Å². The van der Waals surface area contributed by atoms with Gasteiger partial charge >= 0.3 is 5.97 Å². The number of rotatable bonds is 3. The van der Waals surface area contributed by atoms with Crippen molar-refractivity contribution in [3.63, 3.8) is 0 Å². The topological polar surface area (TPSA) is 68.0 Å². The molecule has 3 aromatic rings. The van der Waals surface area contributed by atoms with Crippen LogP contribution >= 0.6 is 15.9 Å². The highest BCUT2D eigenvalue weighted by molar-refractivity contribution is 9.10. The van der Waals surface area contributed by atoms with Crippen molar-refractivity contribution < 1.29 is 9.90 Å². The molecule has 0 radical (unpaired) electrons. The largest absolute Gasteiger partial charge is 0.478 e. The fraction of sp³-hybridized carbons (Fsp3) is 0.133. The molecule has 0 aliphatic heterocycles. The van der Waals surface area contributed by atoms with Crippen molar-refractivity contribution in [2.24, 2.45) is 0 Å². The number of fused-ring (bicyclic) bond motifs is 1. The highest BCUT2D eigenvalue weighted by Gasteiger charge is 2.17. The lowest BCUT2D eigenvalue weighted by Crippen LogP contribution is -2.05. The summed E-state index contributed by atoms with van der Waals surface area (Å²) in [6, 6.07) is 10.8. The van der Waals surface area contributed by atoms with Crippen molar-refractivity contribution >= 4 is 32.9 Å². The van der Waals surface area contributed by atoms with Gasteiger partial charge in [-0.15, -0.1) is 5.10 Å². The van der Waals surface area contributed by atoms with E-state index in [0.29, 0.717) is 11.0 Å². The first kappa shape index (κ1) is 13.8. The highest BCUT2D eigenvalue weighted by atomic mass is 79.9. The van der Waals surface area contributed by atoms with Gasteiger partial charge in [0.25, 0.3) is 0 Å². The summed E-state index contributed by atoms with van der Waals surface area (Å²) < 4.78 is 2.58. The van der Waals surface area contributed by atoms with Crippen LogP contribution in [0.2, 0.25) is 0 Å². The Morgan fingerprint density at radius 2 is 2.14 bits per heavy atom. The van der Waals surface area contributed by atoms with Crippen molar-refractivity contribution in [1.82, 2.24) is 15.0 Å². The number of benzene rings is 2. The molecule has 1 heterocycles. The maximum atomic E-state index is 11.4. The molecule has 21 heavy (non-hydrogen) atoms. The minimum Gasteiger partial charge on any atom is -0.478 e. The molecule has 0 unspecified atom stereocenters. The number of hydrogen-bond acceptors (Lipinski definition) is 3. The molecule has 0 aliphatic carbocycles. The third-order valence-corrected chi connectivity index (χ3v) is 3.84. The molecule has 0 aliphatic rings. The van der Waals surface area contributed by atoms with Crippen LogP contribution in [0, 0.1) is 0 Å². The van der Waals surface area contributed by atoms with Crippen molar-refractivity contribution in [3.05, 3.63) is 52.0 Å². The van der Waals surface area contributed by atoms with E-state index >= 15 is 0 Å². The first-order chi connectivity index (χ1) is 10.1. The van der Waals surface area contributed by atoms with Crippen molar-refractivity contribution in [2.45, 2.75) is 13.3 Å². The van der Waals surface area contributed by atoms with Gasteiger partial charge < -0.3 is 5.11 Å².